The number of likely N-dealkylation sites (tertiary alicyclic amines) is 1. The van der Waals surface area contributed by atoms with Crippen LogP contribution in [0.4, 0.5) is 0 Å². The molecule has 1 N–H and O–H groups in total. The molecule has 27 heavy (non-hydrogen) atoms. The Bertz CT molecular complexity index is 937. The van der Waals surface area contributed by atoms with Crippen LogP contribution in [-0.2, 0) is 10.0 Å². The van der Waals surface area contributed by atoms with Gasteiger partial charge in [-0.3, -0.25) is 0 Å². The zero-order valence-electron chi connectivity index (χ0n) is 15.7. The minimum Gasteiger partial charge on any atom is -0.387 e. The molecule has 4 heterocycles. The van der Waals surface area contributed by atoms with E-state index in [4.69, 9.17) is 0 Å². The first-order chi connectivity index (χ1) is 12.7. The average molecular weight is 395 g/mol. The lowest BCUT2D eigenvalue weighted by Gasteiger charge is -2.36. The largest absolute Gasteiger partial charge is 0.387 e. The molecule has 2 aromatic heterocycles. The molecule has 2 aliphatic heterocycles. The molecule has 0 radical (unpaired) electrons. The van der Waals surface area contributed by atoms with E-state index in [2.05, 4.69) is 20.2 Å². The van der Waals surface area contributed by atoms with Gasteiger partial charge in [-0.05, 0) is 51.4 Å². The molecule has 4 rings (SSSR count). The number of sulfonamides is 1. The quantitative estimate of drug-likeness (QED) is 0.779. The summed E-state index contributed by atoms with van der Waals surface area (Å²) in [4.78, 5) is 2.23. The fourth-order valence-electron chi connectivity index (χ4n) is 4.15. The summed E-state index contributed by atoms with van der Waals surface area (Å²) in [5.74, 6) is 1.19. The number of fused-ring (bicyclic) bond motifs is 1. The zero-order valence-corrected chi connectivity index (χ0v) is 16.6. The first-order valence-electron chi connectivity index (χ1n) is 9.32. The van der Waals surface area contributed by atoms with Gasteiger partial charge in [0.2, 0.25) is 10.0 Å². The van der Waals surface area contributed by atoms with Crippen molar-refractivity contribution >= 4 is 15.7 Å². The molecular weight excluding hydrogens is 368 g/mol. The Hall–Kier alpha value is -1.62. The third-order valence-corrected chi connectivity index (χ3v) is 6.91. The van der Waals surface area contributed by atoms with E-state index in [1.165, 1.54) is 10.6 Å². The van der Waals surface area contributed by atoms with Crippen LogP contribution in [0.1, 0.15) is 36.7 Å². The van der Waals surface area contributed by atoms with Gasteiger partial charge in [-0.25, -0.2) is 8.42 Å². The lowest BCUT2D eigenvalue weighted by atomic mass is 9.94. The first kappa shape index (κ1) is 18.7. The van der Waals surface area contributed by atoms with Crippen LogP contribution in [0.5, 0.6) is 0 Å². The van der Waals surface area contributed by atoms with Crippen LogP contribution >= 0.6 is 0 Å². The highest BCUT2D eigenvalue weighted by Crippen LogP contribution is 2.30. The van der Waals surface area contributed by atoms with Crippen molar-refractivity contribution < 1.29 is 13.5 Å². The van der Waals surface area contributed by atoms with Crippen molar-refractivity contribution in [1.29, 1.82) is 0 Å². The molecule has 0 bridgehead atoms. The number of β-amino-alcohol motifs (C(OH)–C–C–N with tert-alkyl or cyclic N) is 1. The normalized spacial score (nSPS) is 26.2. The maximum Gasteiger partial charge on any atom is 0.211 e. The summed E-state index contributed by atoms with van der Waals surface area (Å²) in [6, 6.07) is 3.86. The molecule has 2 aliphatic rings. The predicted octanol–water partition coefficient (Wildman–Crippen LogP) is 0.00852. The van der Waals surface area contributed by atoms with Crippen LogP contribution in [0, 0.1) is 6.92 Å². The van der Waals surface area contributed by atoms with Gasteiger partial charge in [0, 0.05) is 25.6 Å². The molecule has 9 nitrogen and oxygen atoms in total. The molecule has 2 aromatic rings. The Morgan fingerprint density at radius 2 is 1.96 bits per heavy atom. The highest BCUT2D eigenvalue weighted by atomic mass is 32.2. The van der Waals surface area contributed by atoms with E-state index in [1.807, 2.05) is 23.6 Å². The number of nitrogens with zero attached hydrogens (tertiary/aromatic N) is 6. The lowest BCUT2D eigenvalue weighted by Crippen LogP contribution is -2.48. The van der Waals surface area contributed by atoms with Crippen molar-refractivity contribution in [3.05, 3.63) is 23.7 Å². The molecule has 148 valence electrons. The third-order valence-electron chi connectivity index (χ3n) is 5.66. The second-order valence-electron chi connectivity index (χ2n) is 7.92. The molecule has 0 aromatic carbocycles. The van der Waals surface area contributed by atoms with Gasteiger partial charge in [-0.1, -0.05) is 0 Å². The summed E-state index contributed by atoms with van der Waals surface area (Å²) >= 11 is 0. The number of piperidine rings is 1. The smallest absolute Gasteiger partial charge is 0.211 e. The number of hydrogen-bond donors (Lipinski definition) is 1. The minimum atomic E-state index is -3.25. The molecule has 0 spiro atoms. The Kier molecular flexibility index (Phi) is 4.69. The molecule has 0 aliphatic carbocycles. The topological polar surface area (TPSA) is 104 Å². The Labute approximate surface area is 159 Å². The standard InChI is InChI=1S/C17H26N6O3S/c1-13-3-4-15-18-19-16(23(15)20-13)14-5-8-21(9-6-14)11-17(24)7-10-22(12-17)27(2,25)26/h3-4,14,24H,5-12H2,1-2H3. The van der Waals surface area contributed by atoms with Gasteiger partial charge < -0.3 is 10.0 Å². The van der Waals surface area contributed by atoms with Crippen LogP contribution in [0.15, 0.2) is 12.1 Å². The van der Waals surface area contributed by atoms with Crippen molar-refractivity contribution in [3.63, 3.8) is 0 Å². The van der Waals surface area contributed by atoms with Gasteiger partial charge in [-0.2, -0.15) is 13.9 Å². The van der Waals surface area contributed by atoms with Crippen LogP contribution in [-0.4, -0.2) is 87.1 Å². The molecule has 1 unspecified atom stereocenters. The van der Waals surface area contributed by atoms with Crippen LogP contribution in [0.3, 0.4) is 0 Å². The van der Waals surface area contributed by atoms with E-state index >= 15 is 0 Å². The van der Waals surface area contributed by atoms with E-state index in [9.17, 15) is 13.5 Å². The number of aliphatic hydroxyl groups is 1. The molecule has 0 amide bonds. The monoisotopic (exact) mass is 394 g/mol. The molecule has 1 atom stereocenters. The minimum absolute atomic E-state index is 0.184. The van der Waals surface area contributed by atoms with Crippen LogP contribution in [0.25, 0.3) is 5.65 Å². The average Bonchev–Trinajstić information content (AvgIpc) is 3.19. The van der Waals surface area contributed by atoms with Gasteiger partial charge in [-0.15, -0.1) is 10.2 Å². The molecular formula is C17H26N6O3S. The van der Waals surface area contributed by atoms with E-state index < -0.39 is 15.6 Å². The Morgan fingerprint density at radius 3 is 2.63 bits per heavy atom. The summed E-state index contributed by atoms with van der Waals surface area (Å²) in [6.45, 7) is 4.71. The SMILES string of the molecule is Cc1ccc2nnc(C3CCN(CC4(O)CCN(S(C)(=O)=O)C4)CC3)n2n1. The second-order valence-corrected chi connectivity index (χ2v) is 9.91. The molecule has 10 heteroatoms. The fourth-order valence-corrected chi connectivity index (χ4v) is 5.05. The second kappa shape index (κ2) is 6.77. The van der Waals surface area contributed by atoms with Gasteiger partial charge in [0.25, 0.3) is 0 Å². The number of aryl methyl sites for hydroxylation is 1. The zero-order chi connectivity index (χ0) is 19.2. The summed E-state index contributed by atoms with van der Waals surface area (Å²) in [5, 5.41) is 23.9. The summed E-state index contributed by atoms with van der Waals surface area (Å²) in [5.41, 5.74) is 0.731. The van der Waals surface area contributed by atoms with E-state index in [0.717, 1.165) is 43.1 Å². The highest BCUT2D eigenvalue weighted by molar-refractivity contribution is 7.88. The van der Waals surface area contributed by atoms with Crippen molar-refractivity contribution in [2.45, 2.75) is 37.7 Å². The van der Waals surface area contributed by atoms with Crippen LogP contribution in [0.2, 0.25) is 0 Å². The Morgan fingerprint density at radius 1 is 1.22 bits per heavy atom. The van der Waals surface area contributed by atoms with Gasteiger partial charge in [0.1, 0.15) is 0 Å². The maximum atomic E-state index is 11.7. The summed E-state index contributed by atoms with van der Waals surface area (Å²) < 4.78 is 26.6. The van der Waals surface area contributed by atoms with E-state index in [-0.39, 0.29) is 12.5 Å². The highest BCUT2D eigenvalue weighted by Gasteiger charge is 2.41. The summed E-state index contributed by atoms with van der Waals surface area (Å²) in [6.07, 6.45) is 3.52. The lowest BCUT2D eigenvalue weighted by molar-refractivity contribution is 0.00960. The number of aromatic nitrogens is 4. The predicted molar refractivity (Wildman–Crippen MR) is 99.9 cm³/mol. The van der Waals surface area contributed by atoms with Crippen molar-refractivity contribution in [2.24, 2.45) is 0 Å². The molecule has 2 fully saturated rings. The van der Waals surface area contributed by atoms with Gasteiger partial charge in [0.15, 0.2) is 11.5 Å². The van der Waals surface area contributed by atoms with Crippen LogP contribution < -0.4 is 0 Å². The first-order valence-corrected chi connectivity index (χ1v) is 11.2. The third kappa shape index (κ3) is 3.84. The maximum absolute atomic E-state index is 11.7. The fraction of sp³-hybridized carbons (Fsp3) is 0.706. The molecule has 2 saturated heterocycles. The van der Waals surface area contributed by atoms with Gasteiger partial charge in [0.05, 0.1) is 17.6 Å². The summed E-state index contributed by atoms with van der Waals surface area (Å²) in [7, 11) is -3.25. The van der Waals surface area contributed by atoms with Gasteiger partial charge >= 0.3 is 0 Å². The van der Waals surface area contributed by atoms with Crippen molar-refractivity contribution in [1.82, 2.24) is 29.0 Å². The van der Waals surface area contributed by atoms with E-state index in [1.54, 1.807) is 0 Å². The number of hydrogen-bond acceptors (Lipinski definition) is 7. The van der Waals surface area contributed by atoms with Crippen molar-refractivity contribution in [3.8, 4) is 0 Å². The van der Waals surface area contributed by atoms with Crippen molar-refractivity contribution in [2.75, 3.05) is 39.0 Å². The van der Waals surface area contributed by atoms with E-state index in [0.29, 0.717) is 19.5 Å². The Balaban J connectivity index is 1.38. The number of rotatable bonds is 4. The molecule has 0 saturated carbocycles.